The highest BCUT2D eigenvalue weighted by Crippen LogP contribution is 2.00. The summed E-state index contributed by atoms with van der Waals surface area (Å²) < 4.78 is 0. The monoisotopic (exact) mass is 173 g/mol. The lowest BCUT2D eigenvalue weighted by molar-refractivity contribution is -0.123. The number of hydrogen-bond donors (Lipinski definition) is 3. The van der Waals surface area contributed by atoms with Crippen LogP contribution in [0.3, 0.4) is 0 Å². The van der Waals surface area contributed by atoms with E-state index in [1.165, 1.54) is 6.08 Å². The van der Waals surface area contributed by atoms with Gasteiger partial charge in [-0.3, -0.25) is 4.79 Å². The summed E-state index contributed by atoms with van der Waals surface area (Å²) in [6, 6.07) is 0. The molecule has 3 N–H and O–H groups in total. The van der Waals surface area contributed by atoms with Gasteiger partial charge in [0.05, 0.1) is 18.8 Å². The third kappa shape index (κ3) is 3.50. The fourth-order valence-corrected chi connectivity index (χ4v) is 0.648. The fraction of sp³-hybridized carbons (Fsp3) is 0.625. The van der Waals surface area contributed by atoms with E-state index in [9.17, 15) is 4.79 Å². The number of aliphatic hydroxyl groups is 2. The molecule has 0 bridgehead atoms. The number of rotatable bonds is 5. The quantitative estimate of drug-likeness (QED) is 0.487. The Balaban J connectivity index is 4.01. The summed E-state index contributed by atoms with van der Waals surface area (Å²) in [5.74, 6) is -0.254. The van der Waals surface area contributed by atoms with Gasteiger partial charge in [-0.05, 0) is 6.92 Å². The van der Waals surface area contributed by atoms with Crippen LogP contribution in [-0.4, -0.2) is 34.9 Å². The maximum absolute atomic E-state index is 11.0. The van der Waals surface area contributed by atoms with Crippen molar-refractivity contribution in [3.05, 3.63) is 12.7 Å². The van der Waals surface area contributed by atoms with Crippen molar-refractivity contribution in [2.45, 2.75) is 18.9 Å². The van der Waals surface area contributed by atoms with Crippen LogP contribution in [0.2, 0.25) is 0 Å². The average molecular weight is 173 g/mol. The van der Waals surface area contributed by atoms with Crippen LogP contribution in [0.5, 0.6) is 0 Å². The molecule has 0 saturated heterocycles. The zero-order valence-electron chi connectivity index (χ0n) is 7.21. The zero-order valence-corrected chi connectivity index (χ0v) is 7.21. The molecular formula is C8H15NO3. The largest absolute Gasteiger partial charge is 0.394 e. The molecule has 0 aliphatic carbocycles. The SMILES string of the molecule is C=CCC(=O)NC(C)(CO)CO. The summed E-state index contributed by atoms with van der Waals surface area (Å²) >= 11 is 0. The predicted octanol–water partition coefficient (Wildman–Crippen LogP) is -0.578. The normalized spacial score (nSPS) is 10.9. The Hall–Kier alpha value is -0.870. The second-order valence-corrected chi connectivity index (χ2v) is 2.92. The number of carbonyl (C=O) groups excluding carboxylic acids is 1. The molecule has 12 heavy (non-hydrogen) atoms. The van der Waals surface area contributed by atoms with Gasteiger partial charge in [0, 0.05) is 6.42 Å². The van der Waals surface area contributed by atoms with Crippen LogP contribution in [0.25, 0.3) is 0 Å². The third-order valence-electron chi connectivity index (χ3n) is 1.47. The molecule has 0 unspecified atom stereocenters. The van der Waals surface area contributed by atoms with Crippen molar-refractivity contribution in [1.29, 1.82) is 0 Å². The predicted molar refractivity (Wildman–Crippen MR) is 45.5 cm³/mol. The van der Waals surface area contributed by atoms with Crippen molar-refractivity contribution in [2.24, 2.45) is 0 Å². The number of carbonyl (C=O) groups is 1. The molecule has 4 heteroatoms. The van der Waals surface area contributed by atoms with E-state index in [4.69, 9.17) is 10.2 Å². The first-order valence-corrected chi connectivity index (χ1v) is 3.71. The van der Waals surface area contributed by atoms with Gasteiger partial charge < -0.3 is 15.5 Å². The van der Waals surface area contributed by atoms with Crippen LogP contribution in [0.15, 0.2) is 12.7 Å². The van der Waals surface area contributed by atoms with Gasteiger partial charge in [0.2, 0.25) is 5.91 Å². The van der Waals surface area contributed by atoms with Gasteiger partial charge in [-0.2, -0.15) is 0 Å². The highest BCUT2D eigenvalue weighted by molar-refractivity contribution is 5.78. The number of hydrogen-bond acceptors (Lipinski definition) is 3. The summed E-state index contributed by atoms with van der Waals surface area (Å²) in [4.78, 5) is 11.0. The second-order valence-electron chi connectivity index (χ2n) is 2.92. The number of nitrogens with one attached hydrogen (secondary N) is 1. The minimum Gasteiger partial charge on any atom is -0.394 e. The van der Waals surface area contributed by atoms with E-state index in [0.29, 0.717) is 0 Å². The van der Waals surface area contributed by atoms with Gasteiger partial charge >= 0.3 is 0 Å². The molecule has 0 aliphatic heterocycles. The molecular weight excluding hydrogens is 158 g/mol. The van der Waals surface area contributed by atoms with Gasteiger partial charge in [0.15, 0.2) is 0 Å². The van der Waals surface area contributed by atoms with Gasteiger partial charge in [0.25, 0.3) is 0 Å². The topological polar surface area (TPSA) is 69.6 Å². The molecule has 0 rings (SSSR count). The molecule has 0 atom stereocenters. The smallest absolute Gasteiger partial charge is 0.224 e. The van der Waals surface area contributed by atoms with Crippen LogP contribution < -0.4 is 5.32 Å². The van der Waals surface area contributed by atoms with Gasteiger partial charge in [0.1, 0.15) is 0 Å². The van der Waals surface area contributed by atoms with E-state index in [2.05, 4.69) is 11.9 Å². The van der Waals surface area contributed by atoms with Crippen molar-refractivity contribution in [3.63, 3.8) is 0 Å². The molecule has 0 spiro atoms. The Kier molecular flexibility index (Phi) is 4.54. The average Bonchev–Trinajstić information content (AvgIpc) is 2.05. The Morgan fingerprint density at radius 1 is 1.58 bits per heavy atom. The fourth-order valence-electron chi connectivity index (χ4n) is 0.648. The van der Waals surface area contributed by atoms with Crippen LogP contribution >= 0.6 is 0 Å². The van der Waals surface area contributed by atoms with Crippen LogP contribution in [0.4, 0.5) is 0 Å². The number of aliphatic hydroxyl groups excluding tert-OH is 2. The molecule has 0 heterocycles. The van der Waals surface area contributed by atoms with Gasteiger partial charge in [-0.1, -0.05) is 6.08 Å². The maximum Gasteiger partial charge on any atom is 0.224 e. The molecule has 1 amide bonds. The Morgan fingerprint density at radius 3 is 2.42 bits per heavy atom. The summed E-state index contributed by atoms with van der Waals surface area (Å²) in [6.45, 7) is 4.39. The molecule has 4 nitrogen and oxygen atoms in total. The highest BCUT2D eigenvalue weighted by atomic mass is 16.3. The maximum atomic E-state index is 11.0. The second kappa shape index (κ2) is 4.90. The van der Waals surface area contributed by atoms with E-state index in [1.54, 1.807) is 6.92 Å². The van der Waals surface area contributed by atoms with Gasteiger partial charge in [-0.25, -0.2) is 0 Å². The highest BCUT2D eigenvalue weighted by Gasteiger charge is 2.23. The van der Waals surface area contributed by atoms with Crippen molar-refractivity contribution in [3.8, 4) is 0 Å². The third-order valence-corrected chi connectivity index (χ3v) is 1.47. The standard InChI is InChI=1S/C8H15NO3/c1-3-4-7(12)9-8(2,5-10)6-11/h3,10-11H,1,4-6H2,2H3,(H,9,12). The Morgan fingerprint density at radius 2 is 2.08 bits per heavy atom. The molecule has 0 fully saturated rings. The molecule has 0 saturated carbocycles. The summed E-state index contributed by atoms with van der Waals surface area (Å²) in [7, 11) is 0. The van der Waals surface area contributed by atoms with Crippen molar-refractivity contribution in [1.82, 2.24) is 5.32 Å². The molecule has 0 radical (unpaired) electrons. The molecule has 0 aliphatic rings. The minimum atomic E-state index is -0.930. The molecule has 70 valence electrons. The van der Waals surface area contributed by atoms with Crippen LogP contribution in [0, 0.1) is 0 Å². The molecule has 0 aromatic rings. The van der Waals surface area contributed by atoms with Crippen molar-refractivity contribution >= 4 is 5.91 Å². The summed E-state index contributed by atoms with van der Waals surface area (Å²) in [5, 5.41) is 20.1. The van der Waals surface area contributed by atoms with Crippen LogP contribution in [0.1, 0.15) is 13.3 Å². The van der Waals surface area contributed by atoms with E-state index >= 15 is 0 Å². The summed E-state index contributed by atoms with van der Waals surface area (Å²) in [6.07, 6.45) is 1.65. The lowest BCUT2D eigenvalue weighted by Gasteiger charge is -2.25. The first-order chi connectivity index (χ1) is 5.58. The lowest BCUT2D eigenvalue weighted by Crippen LogP contribution is -2.51. The Labute approximate surface area is 71.9 Å². The van der Waals surface area contributed by atoms with E-state index in [0.717, 1.165) is 0 Å². The van der Waals surface area contributed by atoms with Gasteiger partial charge in [-0.15, -0.1) is 6.58 Å². The lowest BCUT2D eigenvalue weighted by atomic mass is 10.1. The number of amides is 1. The first-order valence-electron chi connectivity index (χ1n) is 3.71. The first kappa shape index (κ1) is 11.1. The molecule has 0 aromatic heterocycles. The minimum absolute atomic E-state index is 0.190. The summed E-state index contributed by atoms with van der Waals surface area (Å²) in [5.41, 5.74) is -0.930. The van der Waals surface area contributed by atoms with E-state index < -0.39 is 5.54 Å². The van der Waals surface area contributed by atoms with Crippen LogP contribution in [-0.2, 0) is 4.79 Å². The zero-order chi connectivity index (χ0) is 9.61. The van der Waals surface area contributed by atoms with E-state index in [1.807, 2.05) is 0 Å². The Bertz CT molecular complexity index is 164. The van der Waals surface area contributed by atoms with E-state index in [-0.39, 0.29) is 25.5 Å². The van der Waals surface area contributed by atoms with Crippen molar-refractivity contribution in [2.75, 3.05) is 13.2 Å². The molecule has 0 aromatic carbocycles. The van der Waals surface area contributed by atoms with Crippen molar-refractivity contribution < 1.29 is 15.0 Å².